The molecule has 0 fully saturated rings. The minimum absolute atomic E-state index is 0.677. The second kappa shape index (κ2) is 10.7. The monoisotopic (exact) mass is 265 g/mol. The average Bonchev–Trinajstić information content (AvgIpc) is 2.31. The quantitative estimate of drug-likeness (QED) is 0.597. The molecule has 0 rings (SSSR count). The maximum absolute atomic E-state index is 5.88. The fourth-order valence-electron chi connectivity index (χ4n) is 1.91. The lowest BCUT2D eigenvalue weighted by Gasteiger charge is -2.22. The van der Waals surface area contributed by atoms with Crippen LogP contribution in [-0.4, -0.2) is 24.5 Å². The van der Waals surface area contributed by atoms with Gasteiger partial charge in [0.05, 0.1) is 0 Å². The molecule has 19 heavy (non-hydrogen) atoms. The molecule has 0 saturated carbocycles. The van der Waals surface area contributed by atoms with Gasteiger partial charge in [-0.1, -0.05) is 33.3 Å². The molecule has 0 spiro atoms. The van der Waals surface area contributed by atoms with Crippen molar-refractivity contribution < 1.29 is 0 Å². The first-order valence-corrected chi connectivity index (χ1v) is 7.30. The first-order valence-electron chi connectivity index (χ1n) is 7.30. The second-order valence-corrected chi connectivity index (χ2v) is 5.17. The summed E-state index contributed by atoms with van der Waals surface area (Å²) in [6.45, 7) is 13.5. The molecule has 0 aromatic heterocycles. The summed E-state index contributed by atoms with van der Waals surface area (Å²) in [6.07, 6.45) is 8.61. The van der Waals surface area contributed by atoms with E-state index in [1.165, 1.54) is 25.7 Å². The zero-order valence-corrected chi connectivity index (χ0v) is 12.9. The SMILES string of the molecule is C=C(/C=C(N)\C=C(/C)N)CN(CCCC)CCCC. The van der Waals surface area contributed by atoms with Crippen molar-refractivity contribution in [1.82, 2.24) is 4.90 Å². The molecule has 0 bridgehead atoms. The Morgan fingerprint density at radius 2 is 1.58 bits per heavy atom. The van der Waals surface area contributed by atoms with E-state index in [1.54, 1.807) is 6.08 Å². The third-order valence-electron chi connectivity index (χ3n) is 2.85. The summed E-state index contributed by atoms with van der Waals surface area (Å²) in [7, 11) is 0. The Labute approximate surface area is 119 Å². The van der Waals surface area contributed by atoms with E-state index in [-0.39, 0.29) is 0 Å². The van der Waals surface area contributed by atoms with Crippen LogP contribution in [-0.2, 0) is 0 Å². The van der Waals surface area contributed by atoms with E-state index < -0.39 is 0 Å². The molecule has 0 saturated heterocycles. The van der Waals surface area contributed by atoms with Crippen LogP contribution in [0.2, 0.25) is 0 Å². The topological polar surface area (TPSA) is 55.3 Å². The molecule has 0 aliphatic rings. The molecular weight excluding hydrogens is 234 g/mol. The molecule has 0 unspecified atom stereocenters. The molecule has 0 aromatic carbocycles. The maximum atomic E-state index is 5.88. The molecule has 4 N–H and O–H groups in total. The predicted octanol–water partition coefficient (Wildman–Crippen LogP) is 3.15. The number of allylic oxidation sites excluding steroid dienone is 2. The summed E-state index contributed by atoms with van der Waals surface area (Å²) in [5.41, 5.74) is 13.9. The molecule has 0 aliphatic heterocycles. The zero-order chi connectivity index (χ0) is 14.7. The summed E-state index contributed by atoms with van der Waals surface area (Å²) in [5.74, 6) is 0. The van der Waals surface area contributed by atoms with Gasteiger partial charge in [-0.05, 0) is 50.6 Å². The van der Waals surface area contributed by atoms with Gasteiger partial charge >= 0.3 is 0 Å². The average molecular weight is 265 g/mol. The van der Waals surface area contributed by atoms with Crippen molar-refractivity contribution in [1.29, 1.82) is 0 Å². The lowest BCUT2D eigenvalue weighted by Crippen LogP contribution is -2.28. The minimum Gasteiger partial charge on any atom is -0.402 e. The van der Waals surface area contributed by atoms with Crippen LogP contribution in [0.4, 0.5) is 0 Å². The van der Waals surface area contributed by atoms with Gasteiger partial charge in [-0.2, -0.15) is 0 Å². The zero-order valence-electron chi connectivity index (χ0n) is 12.9. The first-order chi connectivity index (χ1) is 8.99. The fourth-order valence-corrected chi connectivity index (χ4v) is 1.91. The molecule has 0 radical (unpaired) electrons. The highest BCUT2D eigenvalue weighted by atomic mass is 15.1. The minimum atomic E-state index is 0.677. The summed E-state index contributed by atoms with van der Waals surface area (Å²) in [4.78, 5) is 2.46. The van der Waals surface area contributed by atoms with Crippen molar-refractivity contribution in [3.8, 4) is 0 Å². The van der Waals surface area contributed by atoms with Gasteiger partial charge in [0.1, 0.15) is 0 Å². The van der Waals surface area contributed by atoms with Crippen LogP contribution >= 0.6 is 0 Å². The summed E-state index contributed by atoms with van der Waals surface area (Å²) >= 11 is 0. The van der Waals surface area contributed by atoms with E-state index in [4.69, 9.17) is 11.5 Å². The van der Waals surface area contributed by atoms with Gasteiger partial charge in [-0.15, -0.1) is 0 Å². The number of hydrogen-bond acceptors (Lipinski definition) is 3. The van der Waals surface area contributed by atoms with Gasteiger partial charge in [0, 0.05) is 17.9 Å². The summed E-state index contributed by atoms with van der Waals surface area (Å²) < 4.78 is 0. The maximum Gasteiger partial charge on any atom is 0.0334 e. The highest BCUT2D eigenvalue weighted by molar-refractivity contribution is 5.28. The van der Waals surface area contributed by atoms with Gasteiger partial charge in [0.2, 0.25) is 0 Å². The molecule has 0 amide bonds. The smallest absolute Gasteiger partial charge is 0.0334 e. The van der Waals surface area contributed by atoms with E-state index in [0.717, 1.165) is 30.9 Å². The van der Waals surface area contributed by atoms with Crippen LogP contribution in [0, 0.1) is 0 Å². The molecule has 0 aliphatic carbocycles. The Hall–Kier alpha value is -1.22. The van der Waals surface area contributed by atoms with Crippen LogP contribution < -0.4 is 11.5 Å². The van der Waals surface area contributed by atoms with Crippen LogP contribution in [0.15, 0.2) is 35.7 Å². The number of nitrogens with zero attached hydrogens (tertiary/aromatic N) is 1. The van der Waals surface area contributed by atoms with Gasteiger partial charge < -0.3 is 11.5 Å². The molecule has 110 valence electrons. The second-order valence-electron chi connectivity index (χ2n) is 5.17. The molecule has 0 heterocycles. The van der Waals surface area contributed by atoms with Crippen LogP contribution in [0.25, 0.3) is 0 Å². The number of hydrogen-bond donors (Lipinski definition) is 2. The fraction of sp³-hybridized carbons (Fsp3) is 0.625. The third-order valence-corrected chi connectivity index (χ3v) is 2.85. The van der Waals surface area contributed by atoms with Crippen molar-refractivity contribution >= 4 is 0 Å². The van der Waals surface area contributed by atoms with E-state index >= 15 is 0 Å². The Balaban J connectivity index is 4.39. The van der Waals surface area contributed by atoms with Gasteiger partial charge in [0.25, 0.3) is 0 Å². The standard InChI is InChI=1S/C16H31N3/c1-5-7-9-19(10-8-6-2)13-14(3)11-16(18)12-15(4)17/h11-12H,3,5-10,13,17-18H2,1-2,4H3/b15-12+,16-11+. The normalized spacial score (nSPS) is 13.1. The number of nitrogens with two attached hydrogens (primary N) is 2. The lowest BCUT2D eigenvalue weighted by atomic mass is 10.2. The van der Waals surface area contributed by atoms with E-state index in [2.05, 4.69) is 25.3 Å². The van der Waals surface area contributed by atoms with Gasteiger partial charge in [0.15, 0.2) is 0 Å². The van der Waals surface area contributed by atoms with Crippen LogP contribution in [0.3, 0.4) is 0 Å². The predicted molar refractivity (Wildman–Crippen MR) is 85.6 cm³/mol. The van der Waals surface area contributed by atoms with Gasteiger partial charge in [-0.3, -0.25) is 4.90 Å². The number of unbranched alkanes of at least 4 members (excludes halogenated alkanes) is 2. The lowest BCUT2D eigenvalue weighted by molar-refractivity contribution is 0.288. The molecule has 0 atom stereocenters. The first kappa shape index (κ1) is 17.8. The highest BCUT2D eigenvalue weighted by Crippen LogP contribution is 2.06. The largest absolute Gasteiger partial charge is 0.402 e. The highest BCUT2D eigenvalue weighted by Gasteiger charge is 2.04. The Morgan fingerprint density at radius 1 is 1.05 bits per heavy atom. The Bertz CT molecular complexity index is 304. The van der Waals surface area contributed by atoms with Crippen molar-refractivity contribution in [2.24, 2.45) is 11.5 Å². The van der Waals surface area contributed by atoms with Gasteiger partial charge in [-0.25, -0.2) is 0 Å². The number of rotatable bonds is 10. The van der Waals surface area contributed by atoms with Crippen LogP contribution in [0.5, 0.6) is 0 Å². The molecular formula is C16H31N3. The molecule has 3 nitrogen and oxygen atoms in total. The van der Waals surface area contributed by atoms with E-state index in [0.29, 0.717) is 5.70 Å². The molecule has 3 heteroatoms. The van der Waals surface area contributed by atoms with Crippen molar-refractivity contribution in [2.45, 2.75) is 46.5 Å². The van der Waals surface area contributed by atoms with Crippen molar-refractivity contribution in [3.05, 3.63) is 35.7 Å². The van der Waals surface area contributed by atoms with Crippen molar-refractivity contribution in [3.63, 3.8) is 0 Å². The Morgan fingerprint density at radius 3 is 2.00 bits per heavy atom. The Kier molecular flexibility index (Phi) is 9.99. The van der Waals surface area contributed by atoms with E-state index in [9.17, 15) is 0 Å². The van der Waals surface area contributed by atoms with Crippen LogP contribution in [0.1, 0.15) is 46.5 Å². The summed E-state index contributed by atoms with van der Waals surface area (Å²) in [5, 5.41) is 0. The van der Waals surface area contributed by atoms with Crippen molar-refractivity contribution in [2.75, 3.05) is 19.6 Å². The molecule has 0 aromatic rings. The summed E-state index contributed by atoms with van der Waals surface area (Å²) in [6, 6.07) is 0. The van der Waals surface area contributed by atoms with E-state index in [1.807, 2.05) is 13.0 Å². The third kappa shape index (κ3) is 10.4.